The molecule has 2 amide bonds. The van der Waals surface area contributed by atoms with E-state index in [1.54, 1.807) is 31.2 Å². The number of halogens is 1. The normalized spacial score (nSPS) is 11.3. The van der Waals surface area contributed by atoms with Gasteiger partial charge in [-0.1, -0.05) is 30.3 Å². The monoisotopic (exact) mass is 501 g/mol. The van der Waals surface area contributed by atoms with Gasteiger partial charge >= 0.3 is 0 Å². The maximum Gasteiger partial charge on any atom is 0.279 e. The van der Waals surface area contributed by atoms with Crippen LogP contribution in [0.2, 0.25) is 0 Å². The second-order valence-electron chi connectivity index (χ2n) is 6.52. The van der Waals surface area contributed by atoms with E-state index in [0.29, 0.717) is 21.5 Å². The second-order valence-corrected chi connectivity index (χ2v) is 7.78. The Labute approximate surface area is 193 Å². The van der Waals surface area contributed by atoms with Crippen LogP contribution in [0.15, 0.2) is 65.1 Å². The minimum atomic E-state index is -0.787. The lowest BCUT2D eigenvalue weighted by Crippen LogP contribution is -2.51. The lowest BCUT2D eigenvalue weighted by Gasteiger charge is -2.16. The molecule has 0 aliphatic heterocycles. The van der Waals surface area contributed by atoms with E-state index in [1.165, 1.54) is 7.11 Å². The largest absolute Gasteiger partial charge is 0.496 e. The van der Waals surface area contributed by atoms with E-state index in [1.807, 2.05) is 36.4 Å². The summed E-state index contributed by atoms with van der Waals surface area (Å²) in [4.78, 5) is 24.6. The first-order chi connectivity index (χ1) is 14.9. The number of fused-ring (bicyclic) bond motifs is 1. The van der Waals surface area contributed by atoms with Gasteiger partial charge < -0.3 is 9.47 Å². The van der Waals surface area contributed by atoms with Crippen LogP contribution in [0, 0.1) is 0 Å². The molecule has 1 unspecified atom stereocenters. The minimum absolute atomic E-state index is 0.0526. The van der Waals surface area contributed by atoms with Crippen molar-refractivity contribution in [3.05, 3.63) is 70.7 Å². The summed E-state index contributed by atoms with van der Waals surface area (Å²) < 4.78 is 11.5. The van der Waals surface area contributed by atoms with Crippen molar-refractivity contribution in [2.45, 2.75) is 13.0 Å². The van der Waals surface area contributed by atoms with Crippen LogP contribution in [0.4, 0.5) is 0 Å². The number of nitrogens with one attached hydrogen (secondary N) is 3. The van der Waals surface area contributed by atoms with Gasteiger partial charge in [-0.3, -0.25) is 25.8 Å². The summed E-state index contributed by atoms with van der Waals surface area (Å²) in [6.45, 7) is 1.61. The first-order valence-electron chi connectivity index (χ1n) is 9.27. The molecule has 3 rings (SSSR count). The molecule has 0 heterocycles. The van der Waals surface area contributed by atoms with Gasteiger partial charge in [-0.2, -0.15) is 0 Å². The van der Waals surface area contributed by atoms with E-state index in [0.717, 1.165) is 10.8 Å². The Kier molecular flexibility index (Phi) is 7.43. The van der Waals surface area contributed by atoms with Crippen molar-refractivity contribution in [2.24, 2.45) is 0 Å². The van der Waals surface area contributed by atoms with Crippen molar-refractivity contribution in [2.75, 3.05) is 7.11 Å². The molecule has 3 N–H and O–H groups in total. The molecule has 0 spiro atoms. The van der Waals surface area contributed by atoms with Gasteiger partial charge in [0.15, 0.2) is 11.2 Å². The maximum atomic E-state index is 12.3. The van der Waals surface area contributed by atoms with Gasteiger partial charge in [0.05, 0.1) is 11.6 Å². The van der Waals surface area contributed by atoms with E-state index in [2.05, 4.69) is 32.1 Å². The van der Waals surface area contributed by atoms with Crippen LogP contribution in [0.25, 0.3) is 10.8 Å². The average Bonchev–Trinajstić information content (AvgIpc) is 2.77. The number of carbonyl (C=O) groups is 2. The number of hydrogen-bond acceptors (Lipinski definition) is 5. The third-order valence-corrected chi connectivity index (χ3v) is 5.17. The Hall–Kier alpha value is -3.17. The molecule has 3 aromatic rings. The zero-order chi connectivity index (χ0) is 22.4. The maximum absolute atomic E-state index is 12.3. The van der Waals surface area contributed by atoms with Gasteiger partial charge in [0.25, 0.3) is 11.8 Å². The number of thiocarbonyl (C=S) groups is 1. The molecule has 1 atom stereocenters. The highest BCUT2D eigenvalue weighted by molar-refractivity contribution is 9.10. The number of hydrazine groups is 1. The summed E-state index contributed by atoms with van der Waals surface area (Å²) in [6, 6.07) is 18.3. The molecular weight excluding hydrogens is 482 g/mol. The van der Waals surface area contributed by atoms with Crippen molar-refractivity contribution in [3.8, 4) is 11.5 Å². The molecule has 7 nitrogen and oxygen atoms in total. The van der Waals surface area contributed by atoms with E-state index >= 15 is 0 Å². The van der Waals surface area contributed by atoms with Crippen LogP contribution >= 0.6 is 28.1 Å². The van der Waals surface area contributed by atoms with Crippen molar-refractivity contribution in [3.63, 3.8) is 0 Å². The number of hydrogen-bond donors (Lipinski definition) is 3. The van der Waals surface area contributed by atoms with Crippen molar-refractivity contribution < 1.29 is 19.1 Å². The first kappa shape index (κ1) is 22.5. The van der Waals surface area contributed by atoms with Gasteiger partial charge in [0.1, 0.15) is 11.5 Å². The van der Waals surface area contributed by atoms with Gasteiger partial charge in [0.2, 0.25) is 0 Å². The molecule has 0 saturated carbocycles. The molecule has 0 aromatic heterocycles. The van der Waals surface area contributed by atoms with Crippen LogP contribution < -0.4 is 25.6 Å². The summed E-state index contributed by atoms with van der Waals surface area (Å²) in [5.41, 5.74) is 5.30. The van der Waals surface area contributed by atoms with Crippen molar-refractivity contribution >= 4 is 55.8 Å². The molecule has 3 aromatic carbocycles. The van der Waals surface area contributed by atoms with Crippen LogP contribution in [-0.4, -0.2) is 30.1 Å². The van der Waals surface area contributed by atoms with Gasteiger partial charge in [-0.25, -0.2) is 0 Å². The predicted molar refractivity (Wildman–Crippen MR) is 126 cm³/mol. The standard InChI is InChI=1S/C22H20BrN3O4S/c1-13(30-17-9-7-14-5-3-4-6-15(14)11-17)20(27)25-26-22(31)24-21(28)16-8-10-19(29-2)18(23)12-16/h3-13H,1-2H3,(H,25,27)(H2,24,26,28,31). The molecular formula is C22H20BrN3O4S. The fourth-order valence-electron chi connectivity index (χ4n) is 2.73. The third kappa shape index (κ3) is 5.93. The Balaban J connectivity index is 1.50. The first-order valence-corrected chi connectivity index (χ1v) is 10.5. The summed E-state index contributed by atoms with van der Waals surface area (Å²) in [7, 11) is 1.53. The highest BCUT2D eigenvalue weighted by Gasteiger charge is 2.16. The molecule has 0 fully saturated rings. The summed E-state index contributed by atoms with van der Waals surface area (Å²) in [5.74, 6) is 0.291. The highest BCUT2D eigenvalue weighted by Crippen LogP contribution is 2.25. The quantitative estimate of drug-likeness (QED) is 0.364. The molecule has 0 saturated heterocycles. The Morgan fingerprint density at radius 3 is 2.45 bits per heavy atom. The summed E-state index contributed by atoms with van der Waals surface area (Å²) in [6.07, 6.45) is -0.787. The van der Waals surface area contributed by atoms with E-state index in [9.17, 15) is 9.59 Å². The number of methoxy groups -OCH3 is 1. The lowest BCUT2D eigenvalue weighted by atomic mass is 10.1. The van der Waals surface area contributed by atoms with Gasteiger partial charge in [0, 0.05) is 5.56 Å². The fraction of sp³-hybridized carbons (Fsp3) is 0.136. The van der Waals surface area contributed by atoms with Crippen molar-refractivity contribution in [1.29, 1.82) is 0 Å². The summed E-state index contributed by atoms with van der Waals surface area (Å²) in [5, 5.41) is 4.53. The van der Waals surface area contributed by atoms with Crippen LogP contribution in [-0.2, 0) is 4.79 Å². The SMILES string of the molecule is COc1ccc(C(=O)NC(=S)NNC(=O)C(C)Oc2ccc3ccccc3c2)cc1Br. The fourth-order valence-corrected chi connectivity index (χ4v) is 3.42. The van der Waals surface area contributed by atoms with Crippen LogP contribution in [0.5, 0.6) is 11.5 Å². The van der Waals surface area contributed by atoms with Gasteiger partial charge in [-0.15, -0.1) is 0 Å². The van der Waals surface area contributed by atoms with Crippen molar-refractivity contribution in [1.82, 2.24) is 16.2 Å². The van der Waals surface area contributed by atoms with E-state index < -0.39 is 17.9 Å². The summed E-state index contributed by atoms with van der Waals surface area (Å²) >= 11 is 8.39. The Morgan fingerprint density at radius 2 is 1.74 bits per heavy atom. The molecule has 0 aliphatic rings. The van der Waals surface area contributed by atoms with E-state index in [-0.39, 0.29) is 5.11 Å². The molecule has 31 heavy (non-hydrogen) atoms. The van der Waals surface area contributed by atoms with E-state index in [4.69, 9.17) is 21.7 Å². The Morgan fingerprint density at radius 1 is 1.00 bits per heavy atom. The third-order valence-electron chi connectivity index (χ3n) is 4.34. The molecule has 0 aliphatic carbocycles. The molecule has 9 heteroatoms. The number of ether oxygens (including phenoxy) is 2. The average molecular weight is 502 g/mol. The van der Waals surface area contributed by atoms with Crippen LogP contribution in [0.3, 0.4) is 0 Å². The number of carbonyl (C=O) groups excluding carboxylic acids is 2. The second kappa shape index (κ2) is 10.2. The highest BCUT2D eigenvalue weighted by atomic mass is 79.9. The Bertz CT molecular complexity index is 1140. The topological polar surface area (TPSA) is 88.7 Å². The predicted octanol–water partition coefficient (Wildman–Crippen LogP) is 3.71. The molecule has 160 valence electrons. The minimum Gasteiger partial charge on any atom is -0.496 e. The number of rotatable bonds is 5. The molecule has 0 radical (unpaired) electrons. The van der Waals surface area contributed by atoms with Gasteiger partial charge in [-0.05, 0) is 76.2 Å². The number of amides is 2. The molecule has 0 bridgehead atoms. The zero-order valence-corrected chi connectivity index (χ0v) is 19.2. The van der Waals surface area contributed by atoms with Crippen LogP contribution in [0.1, 0.15) is 17.3 Å². The zero-order valence-electron chi connectivity index (χ0n) is 16.8. The smallest absolute Gasteiger partial charge is 0.279 e. The lowest BCUT2D eigenvalue weighted by molar-refractivity contribution is -0.127. The number of benzene rings is 3.